The number of hydrogen-bond donors (Lipinski definition) is 0. The lowest BCUT2D eigenvalue weighted by molar-refractivity contribution is 0.221. The molecular formula is C14H30. The summed E-state index contributed by atoms with van der Waals surface area (Å²) < 4.78 is 0. The van der Waals surface area contributed by atoms with Crippen LogP contribution in [0.4, 0.5) is 0 Å². The van der Waals surface area contributed by atoms with Gasteiger partial charge in [-0.15, -0.1) is 0 Å². The molecule has 0 saturated heterocycles. The molecule has 0 aliphatic heterocycles. The van der Waals surface area contributed by atoms with Crippen molar-refractivity contribution in [2.45, 2.75) is 73.1 Å². The third-order valence-electron chi connectivity index (χ3n) is 3.69. The van der Waals surface area contributed by atoms with E-state index in [1.54, 1.807) is 0 Å². The van der Waals surface area contributed by atoms with Crippen molar-refractivity contribution in [2.24, 2.45) is 17.8 Å². The summed E-state index contributed by atoms with van der Waals surface area (Å²) in [6, 6.07) is 0. The highest BCUT2D eigenvalue weighted by Crippen LogP contribution is 2.30. The third-order valence-corrected chi connectivity index (χ3v) is 3.69. The molecule has 0 aromatic rings. The minimum absolute atomic E-state index is 0.928. The summed E-state index contributed by atoms with van der Waals surface area (Å²) in [4.78, 5) is 0. The molecule has 0 aromatic carbocycles. The molecule has 0 rings (SSSR count). The second-order valence-corrected chi connectivity index (χ2v) is 4.96. The Labute approximate surface area is 91.5 Å². The Bertz CT molecular complexity index is 117. The molecular weight excluding hydrogens is 168 g/mol. The van der Waals surface area contributed by atoms with E-state index in [1.807, 2.05) is 0 Å². The van der Waals surface area contributed by atoms with Crippen molar-refractivity contribution in [3.8, 4) is 0 Å². The lowest BCUT2D eigenvalue weighted by Gasteiger charge is -2.28. The van der Waals surface area contributed by atoms with Gasteiger partial charge in [0.1, 0.15) is 0 Å². The number of rotatable bonds is 8. The van der Waals surface area contributed by atoms with Crippen molar-refractivity contribution in [3.05, 3.63) is 0 Å². The van der Waals surface area contributed by atoms with Crippen molar-refractivity contribution in [2.75, 3.05) is 0 Å². The van der Waals surface area contributed by atoms with Gasteiger partial charge in [0.2, 0.25) is 0 Å². The zero-order valence-electron chi connectivity index (χ0n) is 11.0. The van der Waals surface area contributed by atoms with E-state index in [4.69, 9.17) is 0 Å². The molecule has 0 fully saturated rings. The summed E-state index contributed by atoms with van der Waals surface area (Å²) in [7, 11) is 0. The van der Waals surface area contributed by atoms with Crippen LogP contribution in [-0.4, -0.2) is 0 Å². The fourth-order valence-electron chi connectivity index (χ4n) is 2.78. The van der Waals surface area contributed by atoms with Crippen molar-refractivity contribution >= 4 is 0 Å². The fraction of sp³-hybridized carbons (Fsp3) is 1.00. The van der Waals surface area contributed by atoms with Gasteiger partial charge < -0.3 is 0 Å². The van der Waals surface area contributed by atoms with Gasteiger partial charge in [-0.3, -0.25) is 0 Å². The second kappa shape index (κ2) is 8.32. The summed E-state index contributed by atoms with van der Waals surface area (Å²) >= 11 is 0. The summed E-state index contributed by atoms with van der Waals surface area (Å²) in [5.41, 5.74) is 0. The average molecular weight is 198 g/mol. The molecule has 3 atom stereocenters. The molecule has 86 valence electrons. The molecule has 0 aliphatic rings. The fourth-order valence-corrected chi connectivity index (χ4v) is 2.78. The van der Waals surface area contributed by atoms with Gasteiger partial charge in [-0.2, -0.15) is 0 Å². The van der Waals surface area contributed by atoms with Gasteiger partial charge in [0.25, 0.3) is 0 Å². The van der Waals surface area contributed by atoms with Gasteiger partial charge >= 0.3 is 0 Å². The largest absolute Gasteiger partial charge is 0.0654 e. The highest BCUT2D eigenvalue weighted by Gasteiger charge is 2.20. The molecule has 0 heteroatoms. The first-order valence-corrected chi connectivity index (χ1v) is 6.67. The van der Waals surface area contributed by atoms with E-state index in [1.165, 1.54) is 38.5 Å². The minimum Gasteiger partial charge on any atom is -0.0654 e. The maximum atomic E-state index is 2.45. The van der Waals surface area contributed by atoms with Crippen molar-refractivity contribution in [1.82, 2.24) is 0 Å². The highest BCUT2D eigenvalue weighted by atomic mass is 14.3. The Morgan fingerprint density at radius 2 is 1.36 bits per heavy atom. The van der Waals surface area contributed by atoms with Crippen molar-refractivity contribution < 1.29 is 0 Å². The van der Waals surface area contributed by atoms with Crippen LogP contribution in [0.1, 0.15) is 73.1 Å². The lowest BCUT2D eigenvalue weighted by Crippen LogP contribution is -2.19. The van der Waals surface area contributed by atoms with Gasteiger partial charge in [0.15, 0.2) is 0 Å². The van der Waals surface area contributed by atoms with E-state index >= 15 is 0 Å². The smallest absolute Gasteiger partial charge is 0.0365 e. The molecule has 0 radical (unpaired) electrons. The molecule has 0 heterocycles. The van der Waals surface area contributed by atoms with Crippen LogP contribution >= 0.6 is 0 Å². The minimum atomic E-state index is 0.928. The van der Waals surface area contributed by atoms with E-state index in [0.717, 1.165) is 17.8 Å². The summed E-state index contributed by atoms with van der Waals surface area (Å²) in [5, 5.41) is 0. The van der Waals surface area contributed by atoms with Crippen LogP contribution in [0.3, 0.4) is 0 Å². The molecule has 0 N–H and O–H groups in total. The number of unbranched alkanes of at least 4 members (excludes halogenated alkanes) is 1. The Morgan fingerprint density at radius 3 is 1.79 bits per heavy atom. The topological polar surface area (TPSA) is 0 Å². The normalized spacial score (nSPS) is 17.8. The Kier molecular flexibility index (Phi) is 8.32. The Balaban J connectivity index is 3.96. The monoisotopic (exact) mass is 198 g/mol. The first-order chi connectivity index (χ1) is 6.67. The maximum absolute atomic E-state index is 2.45. The molecule has 0 saturated carbocycles. The first kappa shape index (κ1) is 14.0. The molecule has 0 aromatic heterocycles. The third kappa shape index (κ3) is 5.02. The lowest BCUT2D eigenvalue weighted by atomic mass is 9.77. The molecule has 0 spiro atoms. The first-order valence-electron chi connectivity index (χ1n) is 6.67. The van der Waals surface area contributed by atoms with Crippen molar-refractivity contribution in [1.29, 1.82) is 0 Å². The van der Waals surface area contributed by atoms with E-state index in [2.05, 4.69) is 34.6 Å². The predicted octanol–water partition coefficient (Wildman–Crippen LogP) is 5.28. The highest BCUT2D eigenvalue weighted by molar-refractivity contribution is 4.71. The van der Waals surface area contributed by atoms with Crippen molar-refractivity contribution in [3.63, 3.8) is 0 Å². The van der Waals surface area contributed by atoms with Gasteiger partial charge in [0, 0.05) is 0 Å². The molecule has 0 nitrogen and oxygen atoms in total. The molecule has 0 bridgehead atoms. The Hall–Kier alpha value is 0. The van der Waals surface area contributed by atoms with Gasteiger partial charge in [-0.1, -0.05) is 73.1 Å². The van der Waals surface area contributed by atoms with Gasteiger partial charge in [-0.25, -0.2) is 0 Å². The van der Waals surface area contributed by atoms with E-state index < -0.39 is 0 Å². The summed E-state index contributed by atoms with van der Waals surface area (Å²) in [6.07, 6.45) is 8.32. The van der Waals surface area contributed by atoms with Crippen LogP contribution < -0.4 is 0 Å². The van der Waals surface area contributed by atoms with Gasteiger partial charge in [0.05, 0.1) is 0 Å². The Morgan fingerprint density at radius 1 is 0.786 bits per heavy atom. The van der Waals surface area contributed by atoms with Crippen LogP contribution in [0.5, 0.6) is 0 Å². The van der Waals surface area contributed by atoms with E-state index in [-0.39, 0.29) is 0 Å². The summed E-state index contributed by atoms with van der Waals surface area (Å²) in [6.45, 7) is 11.9. The molecule has 0 amide bonds. The van der Waals surface area contributed by atoms with E-state index in [9.17, 15) is 0 Å². The van der Waals surface area contributed by atoms with Crippen LogP contribution in [-0.2, 0) is 0 Å². The maximum Gasteiger partial charge on any atom is -0.0365 e. The zero-order chi connectivity index (χ0) is 11.0. The average Bonchev–Trinajstić information content (AvgIpc) is 2.16. The van der Waals surface area contributed by atoms with E-state index in [0.29, 0.717) is 0 Å². The van der Waals surface area contributed by atoms with Gasteiger partial charge in [-0.05, 0) is 17.8 Å². The quantitative estimate of drug-likeness (QED) is 0.498. The predicted molar refractivity (Wildman–Crippen MR) is 66.5 cm³/mol. The second-order valence-electron chi connectivity index (χ2n) is 4.96. The van der Waals surface area contributed by atoms with Crippen LogP contribution in [0, 0.1) is 17.8 Å². The van der Waals surface area contributed by atoms with Crippen LogP contribution in [0.15, 0.2) is 0 Å². The van der Waals surface area contributed by atoms with Crippen LogP contribution in [0.25, 0.3) is 0 Å². The summed E-state index contributed by atoms with van der Waals surface area (Å²) in [5.74, 6) is 2.82. The zero-order valence-corrected chi connectivity index (χ0v) is 11.0. The molecule has 3 unspecified atom stereocenters. The standard InChI is InChI=1S/C14H30/c1-6-9-11-13(5)14(8-3)12(4)10-7-2/h12-14H,6-11H2,1-5H3. The number of hydrogen-bond acceptors (Lipinski definition) is 0. The van der Waals surface area contributed by atoms with Crippen LogP contribution in [0.2, 0.25) is 0 Å². The molecule has 0 aliphatic carbocycles. The SMILES string of the molecule is CCCCC(C)C(CC)C(C)CCC. The molecule has 14 heavy (non-hydrogen) atoms.